The zero-order chi connectivity index (χ0) is 24.6. The Hall–Kier alpha value is -2.60. The quantitative estimate of drug-likeness (QED) is 0.501. The first-order valence-electron chi connectivity index (χ1n) is 11.1. The Labute approximate surface area is 215 Å². The zero-order valence-corrected chi connectivity index (χ0v) is 21.8. The van der Waals surface area contributed by atoms with Gasteiger partial charge in [0.25, 0.3) is 5.91 Å². The highest BCUT2D eigenvalue weighted by molar-refractivity contribution is 9.10. The SMILES string of the molecule is O=C(Nc1nc(-c2cccc(Br)c2)cs1)[C@@H]1CCCN1C(=O)c1ccc2c(c1)S(=O)(=O)CCOC2. The molecule has 1 atom stereocenters. The van der Waals surface area contributed by atoms with Gasteiger partial charge in [-0.05, 0) is 42.7 Å². The molecule has 5 rings (SSSR count). The van der Waals surface area contributed by atoms with Crippen LogP contribution < -0.4 is 5.32 Å². The lowest BCUT2D eigenvalue weighted by Crippen LogP contribution is -2.43. The molecule has 0 aliphatic carbocycles. The minimum atomic E-state index is -3.54. The van der Waals surface area contributed by atoms with Crippen LogP contribution in [0.25, 0.3) is 11.3 Å². The number of carbonyl (C=O) groups excluding carboxylic acids is 2. The highest BCUT2D eigenvalue weighted by atomic mass is 79.9. The van der Waals surface area contributed by atoms with E-state index in [1.807, 2.05) is 29.6 Å². The topological polar surface area (TPSA) is 106 Å². The summed E-state index contributed by atoms with van der Waals surface area (Å²) in [6.07, 6.45) is 1.21. The van der Waals surface area contributed by atoms with Gasteiger partial charge in [-0.1, -0.05) is 34.1 Å². The number of nitrogens with zero attached hydrogens (tertiary/aromatic N) is 2. The monoisotopic (exact) mass is 575 g/mol. The largest absolute Gasteiger partial charge is 0.376 e. The number of amides is 2. The number of aromatic nitrogens is 1. The fraction of sp³-hybridized carbons (Fsp3) is 0.292. The van der Waals surface area contributed by atoms with Crippen molar-refractivity contribution in [3.63, 3.8) is 0 Å². The van der Waals surface area contributed by atoms with Crippen molar-refractivity contribution in [2.24, 2.45) is 0 Å². The summed E-state index contributed by atoms with van der Waals surface area (Å²) in [4.78, 5) is 32.6. The van der Waals surface area contributed by atoms with Gasteiger partial charge in [0.1, 0.15) is 6.04 Å². The molecule has 3 aromatic rings. The Bertz CT molecular complexity index is 1410. The molecule has 182 valence electrons. The number of carbonyl (C=O) groups is 2. The summed E-state index contributed by atoms with van der Waals surface area (Å²) in [5.74, 6) is -0.788. The number of hydrogen-bond acceptors (Lipinski definition) is 7. The highest BCUT2D eigenvalue weighted by Crippen LogP contribution is 2.29. The molecule has 8 nitrogen and oxygen atoms in total. The maximum atomic E-state index is 13.3. The van der Waals surface area contributed by atoms with Gasteiger partial charge >= 0.3 is 0 Å². The summed E-state index contributed by atoms with van der Waals surface area (Å²) in [5, 5.41) is 5.18. The van der Waals surface area contributed by atoms with E-state index in [1.165, 1.54) is 22.3 Å². The van der Waals surface area contributed by atoms with Crippen LogP contribution in [0, 0.1) is 0 Å². The van der Waals surface area contributed by atoms with Gasteiger partial charge in [-0.25, -0.2) is 13.4 Å². The predicted molar refractivity (Wildman–Crippen MR) is 136 cm³/mol. The number of anilines is 1. The van der Waals surface area contributed by atoms with E-state index < -0.39 is 15.9 Å². The van der Waals surface area contributed by atoms with Crippen molar-refractivity contribution in [1.29, 1.82) is 0 Å². The molecule has 1 aromatic heterocycles. The van der Waals surface area contributed by atoms with Crippen LogP contribution in [0.1, 0.15) is 28.8 Å². The maximum Gasteiger partial charge on any atom is 0.254 e. The number of nitrogens with one attached hydrogen (secondary N) is 1. The Morgan fingerprint density at radius 1 is 1.20 bits per heavy atom. The number of likely N-dealkylation sites (tertiary alicyclic amines) is 1. The molecule has 11 heteroatoms. The van der Waals surface area contributed by atoms with E-state index in [0.29, 0.717) is 30.1 Å². The Kier molecular flexibility index (Phi) is 6.75. The molecule has 0 spiro atoms. The zero-order valence-electron chi connectivity index (χ0n) is 18.6. The molecule has 2 aromatic carbocycles. The van der Waals surface area contributed by atoms with Gasteiger partial charge in [-0.3, -0.25) is 9.59 Å². The first kappa shape index (κ1) is 24.1. The smallest absolute Gasteiger partial charge is 0.254 e. The molecule has 0 saturated carbocycles. The van der Waals surface area contributed by atoms with Gasteiger partial charge in [0.2, 0.25) is 5.91 Å². The Morgan fingerprint density at radius 3 is 2.89 bits per heavy atom. The van der Waals surface area contributed by atoms with Crippen LogP contribution in [0.15, 0.2) is 57.2 Å². The van der Waals surface area contributed by atoms with E-state index in [0.717, 1.165) is 15.7 Å². The van der Waals surface area contributed by atoms with Crippen LogP contribution in [-0.2, 0) is 26.0 Å². The van der Waals surface area contributed by atoms with Gasteiger partial charge < -0.3 is 15.0 Å². The lowest BCUT2D eigenvalue weighted by atomic mass is 10.1. The van der Waals surface area contributed by atoms with Crippen molar-refractivity contribution in [3.05, 3.63) is 63.4 Å². The number of thiazole rings is 1. The van der Waals surface area contributed by atoms with Gasteiger partial charge in [-0.2, -0.15) is 0 Å². The lowest BCUT2D eigenvalue weighted by molar-refractivity contribution is -0.119. The molecule has 35 heavy (non-hydrogen) atoms. The molecule has 0 bridgehead atoms. The average molecular weight is 576 g/mol. The Morgan fingerprint density at radius 2 is 2.06 bits per heavy atom. The van der Waals surface area contributed by atoms with Crippen molar-refractivity contribution in [3.8, 4) is 11.3 Å². The van der Waals surface area contributed by atoms with Gasteiger partial charge in [0, 0.05) is 27.5 Å². The summed E-state index contributed by atoms with van der Waals surface area (Å²) < 4.78 is 31.5. The second-order valence-corrected chi connectivity index (χ2v) is 12.2. The third-order valence-corrected chi connectivity index (χ3v) is 9.08. The number of ether oxygens (including phenoxy) is 1. The number of sulfone groups is 1. The van der Waals surface area contributed by atoms with E-state index >= 15 is 0 Å². The molecule has 0 unspecified atom stereocenters. The third kappa shape index (κ3) is 5.04. The summed E-state index contributed by atoms with van der Waals surface area (Å²) >= 11 is 4.77. The highest BCUT2D eigenvalue weighted by Gasteiger charge is 2.35. The maximum absolute atomic E-state index is 13.3. The van der Waals surface area contributed by atoms with Crippen molar-refractivity contribution in [1.82, 2.24) is 9.88 Å². The van der Waals surface area contributed by atoms with Crippen LogP contribution in [0.3, 0.4) is 0 Å². The number of rotatable bonds is 4. The summed E-state index contributed by atoms with van der Waals surface area (Å²) in [5.41, 5.74) is 2.47. The van der Waals surface area contributed by atoms with Crippen LogP contribution >= 0.6 is 27.3 Å². The van der Waals surface area contributed by atoms with Crippen molar-refractivity contribution < 1.29 is 22.7 Å². The van der Waals surface area contributed by atoms with Gasteiger partial charge in [0.05, 0.1) is 29.6 Å². The first-order valence-corrected chi connectivity index (χ1v) is 14.4. The van der Waals surface area contributed by atoms with Gasteiger partial charge in [-0.15, -0.1) is 11.3 Å². The molecule has 3 heterocycles. The fourth-order valence-electron chi connectivity index (χ4n) is 4.31. The number of benzene rings is 2. The standard InChI is InChI=1S/C24H22BrN3O5S2/c25-18-4-1-3-15(11-18)19-14-34-24(26-19)27-22(29)20-5-2-8-28(20)23(30)16-6-7-17-13-33-9-10-35(31,32)21(17)12-16/h1,3-4,6-7,11-12,14,20H,2,5,8-10,13H2,(H,26,27,29)/t20-/m0/s1. The van der Waals surface area contributed by atoms with E-state index in [-0.39, 0.29) is 41.2 Å². The van der Waals surface area contributed by atoms with Crippen molar-refractivity contribution >= 4 is 54.0 Å². The number of halogens is 1. The molecule has 2 aliphatic rings. The molecule has 1 saturated heterocycles. The second kappa shape index (κ2) is 9.81. The Balaban J connectivity index is 1.33. The third-order valence-electron chi connectivity index (χ3n) is 6.07. The predicted octanol–water partition coefficient (Wildman–Crippen LogP) is 4.12. The lowest BCUT2D eigenvalue weighted by Gasteiger charge is -2.24. The molecule has 2 aliphatic heterocycles. The fourth-order valence-corrected chi connectivity index (χ4v) is 6.82. The number of fused-ring (bicyclic) bond motifs is 1. The molecular weight excluding hydrogens is 554 g/mol. The molecule has 1 N–H and O–H groups in total. The second-order valence-electron chi connectivity index (χ2n) is 8.39. The molecule has 2 amide bonds. The normalized spacial score (nSPS) is 19.1. The first-order chi connectivity index (χ1) is 16.8. The van der Waals surface area contributed by atoms with E-state index in [2.05, 4.69) is 26.2 Å². The number of hydrogen-bond donors (Lipinski definition) is 1. The summed E-state index contributed by atoms with van der Waals surface area (Å²) in [7, 11) is -3.54. The molecule has 1 fully saturated rings. The van der Waals surface area contributed by atoms with Crippen LogP contribution in [0.2, 0.25) is 0 Å². The van der Waals surface area contributed by atoms with Crippen molar-refractivity contribution in [2.45, 2.75) is 30.4 Å². The molecule has 0 radical (unpaired) electrons. The van der Waals surface area contributed by atoms with Crippen LogP contribution in [0.5, 0.6) is 0 Å². The van der Waals surface area contributed by atoms with Crippen LogP contribution in [0.4, 0.5) is 5.13 Å². The van der Waals surface area contributed by atoms with E-state index in [4.69, 9.17) is 4.74 Å². The van der Waals surface area contributed by atoms with Gasteiger partial charge in [0.15, 0.2) is 15.0 Å². The van der Waals surface area contributed by atoms with Crippen molar-refractivity contribution in [2.75, 3.05) is 24.2 Å². The van der Waals surface area contributed by atoms with E-state index in [9.17, 15) is 18.0 Å². The molecular formula is C24H22BrN3O5S2. The summed E-state index contributed by atoms with van der Waals surface area (Å²) in [6, 6.07) is 11.7. The average Bonchev–Trinajstić information content (AvgIpc) is 3.48. The minimum Gasteiger partial charge on any atom is -0.376 e. The minimum absolute atomic E-state index is 0.120. The van der Waals surface area contributed by atoms with Crippen LogP contribution in [-0.4, -0.2) is 55.1 Å². The van der Waals surface area contributed by atoms with E-state index in [1.54, 1.807) is 12.1 Å². The summed E-state index contributed by atoms with van der Waals surface area (Å²) in [6.45, 7) is 0.729.